The summed E-state index contributed by atoms with van der Waals surface area (Å²) in [6.07, 6.45) is 1.36. The summed E-state index contributed by atoms with van der Waals surface area (Å²) >= 11 is 0. The molecule has 0 aliphatic heterocycles. The van der Waals surface area contributed by atoms with E-state index in [1.54, 1.807) is 18.2 Å². The largest absolute Gasteiger partial charge is 0.459 e. The summed E-state index contributed by atoms with van der Waals surface area (Å²) < 4.78 is 61.2. The van der Waals surface area contributed by atoms with Gasteiger partial charge in [0, 0.05) is 12.0 Å². The number of nitrogens with one attached hydrogen (secondary N) is 1. The van der Waals surface area contributed by atoms with Crippen molar-refractivity contribution >= 4 is 11.0 Å². The normalized spacial score (nSPS) is 15.0. The van der Waals surface area contributed by atoms with Gasteiger partial charge in [0.1, 0.15) is 17.1 Å². The second-order valence-electron chi connectivity index (χ2n) is 8.38. The quantitative estimate of drug-likeness (QED) is 0.441. The van der Waals surface area contributed by atoms with Crippen LogP contribution in [0.5, 0.6) is 0 Å². The number of rotatable bonds is 6. The van der Waals surface area contributed by atoms with Crippen molar-refractivity contribution in [3.8, 4) is 23.7 Å². The first-order valence-corrected chi connectivity index (χ1v) is 11.1. The number of hydrogen-bond donors (Lipinski definition) is 1. The Morgan fingerprint density at radius 2 is 1.62 bits per heavy atom. The van der Waals surface area contributed by atoms with Crippen LogP contribution in [0.1, 0.15) is 44.1 Å². The van der Waals surface area contributed by atoms with Gasteiger partial charge in [-0.25, -0.2) is 8.93 Å². The maximum atomic E-state index is 13.2. The van der Waals surface area contributed by atoms with E-state index in [-0.39, 0.29) is 17.7 Å². The minimum atomic E-state index is -4.46. The Morgan fingerprint density at radius 3 is 2.22 bits per heavy atom. The Labute approximate surface area is 188 Å². The van der Waals surface area contributed by atoms with Gasteiger partial charge >= 0.3 is 6.18 Å². The summed E-state index contributed by atoms with van der Waals surface area (Å²) in [5, 5.41) is 0. The van der Waals surface area contributed by atoms with Gasteiger partial charge in [0.25, 0.3) is 0 Å². The fourth-order valence-corrected chi connectivity index (χ4v) is 4.15. The monoisotopic (exact) mass is 459 g/mol. The molecule has 0 spiro atoms. The smallest absolute Gasteiger partial charge is 0.416 e. The molecule has 32 heavy (non-hydrogen) atoms. The molecule has 3 aromatic rings. The number of terminal acetylenes is 1. The molecule has 1 aromatic heterocycles. The van der Waals surface area contributed by atoms with Crippen molar-refractivity contribution in [3.05, 3.63) is 83.6 Å². The molecule has 1 heterocycles. The standard InChI is InChI=1S/C25H24F3NO2S/c1-5-16-24(19-11-7-6-8-12-19,29-32(30)23(2,3)4)22-15-14-21(31-22)18-10-9-13-20(17-18)25(26,27)28/h1,6-15,17,29H,16H2,2-4H3. The third-order valence-electron chi connectivity index (χ3n) is 4.96. The topological polar surface area (TPSA) is 42.2 Å². The van der Waals surface area contributed by atoms with E-state index in [9.17, 15) is 17.4 Å². The predicted octanol–water partition coefficient (Wildman–Crippen LogP) is 6.28. The molecule has 0 radical (unpaired) electrons. The van der Waals surface area contributed by atoms with Crippen LogP contribution in [-0.2, 0) is 22.7 Å². The van der Waals surface area contributed by atoms with Gasteiger partial charge in [0.15, 0.2) is 0 Å². The van der Waals surface area contributed by atoms with Crippen molar-refractivity contribution in [2.45, 2.75) is 43.7 Å². The Hall–Kier alpha value is -2.82. The third kappa shape index (κ3) is 4.98. The summed E-state index contributed by atoms with van der Waals surface area (Å²) in [5.74, 6) is 3.26. The molecule has 2 unspecified atom stereocenters. The average molecular weight is 460 g/mol. The number of benzene rings is 2. The number of hydrogen-bond acceptors (Lipinski definition) is 2. The molecule has 7 heteroatoms. The van der Waals surface area contributed by atoms with Crippen LogP contribution in [-0.4, -0.2) is 8.96 Å². The van der Waals surface area contributed by atoms with E-state index < -0.39 is 33.0 Å². The van der Waals surface area contributed by atoms with Gasteiger partial charge in [-0.05, 0) is 50.6 Å². The van der Waals surface area contributed by atoms with Crippen LogP contribution >= 0.6 is 0 Å². The Bertz CT molecular complexity index is 1140. The predicted molar refractivity (Wildman–Crippen MR) is 121 cm³/mol. The molecule has 2 aromatic carbocycles. The minimum absolute atomic E-state index is 0.119. The molecule has 0 saturated carbocycles. The molecular formula is C25H24F3NO2S. The Kier molecular flexibility index (Phi) is 6.68. The van der Waals surface area contributed by atoms with Gasteiger partial charge in [-0.3, -0.25) is 0 Å². The first-order chi connectivity index (χ1) is 15.0. The van der Waals surface area contributed by atoms with E-state index in [2.05, 4.69) is 10.6 Å². The van der Waals surface area contributed by atoms with Crippen LogP contribution in [0.25, 0.3) is 11.3 Å². The maximum absolute atomic E-state index is 13.2. The molecule has 168 valence electrons. The molecule has 2 atom stereocenters. The van der Waals surface area contributed by atoms with E-state index in [4.69, 9.17) is 10.8 Å². The number of halogens is 3. The molecule has 0 aliphatic carbocycles. The van der Waals surface area contributed by atoms with Crippen LogP contribution in [0.2, 0.25) is 0 Å². The molecule has 3 rings (SSSR count). The lowest BCUT2D eigenvalue weighted by Gasteiger charge is -2.34. The average Bonchev–Trinajstić information content (AvgIpc) is 3.23. The molecule has 0 amide bonds. The zero-order valence-corrected chi connectivity index (χ0v) is 18.8. The first-order valence-electron chi connectivity index (χ1n) is 9.94. The third-order valence-corrected chi connectivity index (χ3v) is 6.60. The number of alkyl halides is 3. The molecule has 0 saturated heterocycles. The van der Waals surface area contributed by atoms with Gasteiger partial charge in [-0.15, -0.1) is 12.3 Å². The van der Waals surface area contributed by atoms with Crippen molar-refractivity contribution < 1.29 is 21.8 Å². The summed E-state index contributed by atoms with van der Waals surface area (Å²) in [6, 6.07) is 17.4. The summed E-state index contributed by atoms with van der Waals surface area (Å²) in [5.41, 5.74) is -0.877. The highest BCUT2D eigenvalue weighted by atomic mass is 32.2. The fraction of sp³-hybridized carbons (Fsp3) is 0.280. The van der Waals surface area contributed by atoms with E-state index in [1.165, 1.54) is 6.07 Å². The van der Waals surface area contributed by atoms with Crippen LogP contribution in [0, 0.1) is 12.3 Å². The van der Waals surface area contributed by atoms with Crippen LogP contribution in [0.15, 0.2) is 71.1 Å². The lowest BCUT2D eigenvalue weighted by molar-refractivity contribution is -0.137. The second-order valence-corrected chi connectivity index (χ2v) is 10.3. The lowest BCUT2D eigenvalue weighted by Crippen LogP contribution is -2.48. The van der Waals surface area contributed by atoms with Crippen molar-refractivity contribution in [1.82, 2.24) is 4.72 Å². The van der Waals surface area contributed by atoms with Crippen LogP contribution in [0.4, 0.5) is 13.2 Å². The molecule has 3 nitrogen and oxygen atoms in total. The van der Waals surface area contributed by atoms with Gasteiger partial charge in [0.2, 0.25) is 0 Å². The Balaban J connectivity index is 2.14. The van der Waals surface area contributed by atoms with Crippen molar-refractivity contribution in [3.63, 3.8) is 0 Å². The van der Waals surface area contributed by atoms with Gasteiger partial charge in [-0.1, -0.05) is 42.5 Å². The van der Waals surface area contributed by atoms with Crippen LogP contribution in [0.3, 0.4) is 0 Å². The highest BCUT2D eigenvalue weighted by Crippen LogP contribution is 2.38. The lowest BCUT2D eigenvalue weighted by atomic mass is 9.85. The summed E-state index contributed by atoms with van der Waals surface area (Å²) in [6.45, 7) is 5.49. The molecule has 0 aliphatic rings. The van der Waals surface area contributed by atoms with E-state index in [1.807, 2.05) is 51.1 Å². The first kappa shape index (κ1) is 23.8. The summed E-state index contributed by atoms with van der Waals surface area (Å²) in [4.78, 5) is 0. The minimum Gasteiger partial charge on any atom is -0.459 e. The molecule has 1 N–H and O–H groups in total. The van der Waals surface area contributed by atoms with E-state index in [0.717, 1.165) is 17.7 Å². The molecule has 0 fully saturated rings. The van der Waals surface area contributed by atoms with E-state index in [0.29, 0.717) is 5.76 Å². The molecular weight excluding hydrogens is 435 g/mol. The number of furan rings is 1. The van der Waals surface area contributed by atoms with Crippen molar-refractivity contribution in [2.75, 3.05) is 0 Å². The maximum Gasteiger partial charge on any atom is 0.416 e. The zero-order chi connectivity index (χ0) is 23.6. The summed E-state index contributed by atoms with van der Waals surface area (Å²) in [7, 11) is -1.51. The Morgan fingerprint density at radius 1 is 0.969 bits per heavy atom. The van der Waals surface area contributed by atoms with Crippen LogP contribution < -0.4 is 4.72 Å². The molecule has 0 bridgehead atoms. The van der Waals surface area contributed by atoms with Crippen molar-refractivity contribution in [1.29, 1.82) is 0 Å². The SMILES string of the molecule is C#CCC(NS(=O)C(C)(C)C)(c1ccccc1)c1ccc(-c2cccc(C(F)(F)F)c2)o1. The van der Waals surface area contributed by atoms with Gasteiger partial charge in [0.05, 0.1) is 21.3 Å². The fourth-order valence-electron chi connectivity index (χ4n) is 3.24. The van der Waals surface area contributed by atoms with E-state index >= 15 is 0 Å². The van der Waals surface area contributed by atoms with Crippen molar-refractivity contribution in [2.24, 2.45) is 0 Å². The van der Waals surface area contributed by atoms with Gasteiger partial charge < -0.3 is 4.42 Å². The second kappa shape index (κ2) is 8.97. The highest BCUT2D eigenvalue weighted by molar-refractivity contribution is 7.84. The highest BCUT2D eigenvalue weighted by Gasteiger charge is 2.40. The zero-order valence-electron chi connectivity index (χ0n) is 18.0. The van der Waals surface area contributed by atoms with Gasteiger partial charge in [-0.2, -0.15) is 13.2 Å².